The summed E-state index contributed by atoms with van der Waals surface area (Å²) in [4.78, 5) is 11.7. The van der Waals surface area contributed by atoms with E-state index in [4.69, 9.17) is 0 Å². The molecule has 2 N–H and O–H groups in total. The smallest absolute Gasteiger partial charge is 0.221 e. The summed E-state index contributed by atoms with van der Waals surface area (Å²) < 4.78 is 22.5. The molecule has 0 aromatic heterocycles. The molecule has 0 saturated carbocycles. The third kappa shape index (κ3) is 5.35. The predicted octanol–water partition coefficient (Wildman–Crippen LogP) is 0.316. The molecule has 0 spiro atoms. The highest BCUT2D eigenvalue weighted by atomic mass is 32.2. The summed E-state index contributed by atoms with van der Waals surface area (Å²) >= 11 is 0. The number of hydrogen-bond donors (Lipinski definition) is 2. The third-order valence-electron chi connectivity index (χ3n) is 3.51. The van der Waals surface area contributed by atoms with Crippen LogP contribution in [-0.4, -0.2) is 45.0 Å². The normalized spacial score (nSPS) is 24.8. The highest BCUT2D eigenvalue weighted by molar-refractivity contribution is 7.91. The van der Waals surface area contributed by atoms with Gasteiger partial charge in [-0.25, -0.2) is 8.42 Å². The van der Waals surface area contributed by atoms with Gasteiger partial charge in [-0.05, 0) is 25.3 Å². The molecule has 2 atom stereocenters. The maximum Gasteiger partial charge on any atom is 0.221 e. The van der Waals surface area contributed by atoms with E-state index in [1.165, 1.54) is 0 Å². The van der Waals surface area contributed by atoms with Gasteiger partial charge in [-0.15, -0.1) is 0 Å². The average molecular weight is 276 g/mol. The highest BCUT2D eigenvalue weighted by Gasteiger charge is 2.23. The van der Waals surface area contributed by atoms with Gasteiger partial charge in [0.1, 0.15) is 0 Å². The molecule has 5 nitrogen and oxygen atoms in total. The van der Waals surface area contributed by atoms with Crippen LogP contribution in [0.5, 0.6) is 0 Å². The summed E-state index contributed by atoms with van der Waals surface area (Å²) in [6.07, 6.45) is 2.75. The fourth-order valence-corrected chi connectivity index (χ4v) is 2.85. The fourth-order valence-electron chi connectivity index (χ4n) is 2.15. The Morgan fingerprint density at radius 3 is 2.78 bits per heavy atom. The van der Waals surface area contributed by atoms with E-state index < -0.39 is 9.84 Å². The highest BCUT2D eigenvalue weighted by Crippen LogP contribution is 2.17. The molecule has 0 bridgehead atoms. The molecule has 0 radical (unpaired) electrons. The zero-order valence-corrected chi connectivity index (χ0v) is 12.1. The first kappa shape index (κ1) is 15.4. The number of amides is 1. The molecule has 1 rings (SSSR count). The minimum atomic E-state index is -2.99. The van der Waals surface area contributed by atoms with Gasteiger partial charge in [-0.2, -0.15) is 0 Å². The zero-order valence-electron chi connectivity index (χ0n) is 11.2. The number of nitrogens with one attached hydrogen (secondary N) is 2. The number of hydrogen-bond acceptors (Lipinski definition) is 4. The van der Waals surface area contributed by atoms with Crippen molar-refractivity contribution in [1.82, 2.24) is 10.6 Å². The first-order chi connectivity index (χ1) is 8.44. The van der Waals surface area contributed by atoms with Crippen LogP contribution in [0.3, 0.4) is 0 Å². The van der Waals surface area contributed by atoms with Crippen LogP contribution in [-0.2, 0) is 14.6 Å². The molecule has 1 aliphatic heterocycles. The molecule has 2 unspecified atom stereocenters. The lowest BCUT2D eigenvalue weighted by Crippen LogP contribution is -2.44. The molecule has 1 amide bonds. The topological polar surface area (TPSA) is 75.3 Å². The first-order valence-corrected chi connectivity index (χ1v) is 8.47. The van der Waals surface area contributed by atoms with Crippen molar-refractivity contribution in [3.63, 3.8) is 0 Å². The number of piperidine rings is 1. The average Bonchev–Trinajstić information content (AvgIpc) is 2.32. The second-order valence-electron chi connectivity index (χ2n) is 4.97. The molecule has 6 heteroatoms. The summed E-state index contributed by atoms with van der Waals surface area (Å²) in [6, 6.07) is 0.224. The second-order valence-corrected chi connectivity index (χ2v) is 7.44. The Morgan fingerprint density at radius 1 is 1.44 bits per heavy atom. The molecule has 0 aromatic rings. The lowest BCUT2D eigenvalue weighted by molar-refractivity contribution is -0.121. The number of carbonyl (C=O) groups is 1. The molecule has 18 heavy (non-hydrogen) atoms. The lowest BCUT2D eigenvalue weighted by atomic mass is 9.90. The van der Waals surface area contributed by atoms with E-state index in [1.54, 1.807) is 6.92 Å². The molecule has 0 aromatic carbocycles. The minimum absolute atomic E-state index is 0.0306. The van der Waals surface area contributed by atoms with Gasteiger partial charge in [-0.3, -0.25) is 4.79 Å². The quantitative estimate of drug-likeness (QED) is 0.732. The van der Waals surface area contributed by atoms with Gasteiger partial charge < -0.3 is 10.6 Å². The van der Waals surface area contributed by atoms with Crippen molar-refractivity contribution in [2.24, 2.45) is 5.92 Å². The molecule has 0 aliphatic carbocycles. The van der Waals surface area contributed by atoms with Crippen LogP contribution in [0, 0.1) is 5.92 Å². The van der Waals surface area contributed by atoms with Crippen molar-refractivity contribution in [3.05, 3.63) is 0 Å². The van der Waals surface area contributed by atoms with Crippen LogP contribution in [0.4, 0.5) is 0 Å². The molecular formula is C12H24N2O3S. The SMILES string of the molecule is CCS(=O)(=O)CCNC(=O)CC1NCCCC1C. The fraction of sp³-hybridized carbons (Fsp3) is 0.917. The summed E-state index contributed by atoms with van der Waals surface area (Å²) in [5.74, 6) is 0.601. The van der Waals surface area contributed by atoms with Gasteiger partial charge in [0.2, 0.25) is 5.91 Å². The van der Waals surface area contributed by atoms with E-state index in [1.807, 2.05) is 0 Å². The summed E-state index contributed by atoms with van der Waals surface area (Å²) in [5, 5.41) is 6.02. The van der Waals surface area contributed by atoms with Crippen molar-refractivity contribution in [1.29, 1.82) is 0 Å². The molecule has 106 valence electrons. The largest absolute Gasteiger partial charge is 0.355 e. The van der Waals surface area contributed by atoms with E-state index in [9.17, 15) is 13.2 Å². The summed E-state index contributed by atoms with van der Waals surface area (Å²) in [7, 11) is -2.99. The molecule has 1 fully saturated rings. The van der Waals surface area contributed by atoms with E-state index >= 15 is 0 Å². The van der Waals surface area contributed by atoms with Crippen molar-refractivity contribution in [3.8, 4) is 0 Å². The summed E-state index contributed by atoms with van der Waals surface area (Å²) in [6.45, 7) is 4.94. The van der Waals surface area contributed by atoms with Crippen molar-refractivity contribution >= 4 is 15.7 Å². The zero-order chi connectivity index (χ0) is 13.6. The first-order valence-electron chi connectivity index (χ1n) is 6.65. The summed E-state index contributed by atoms with van der Waals surface area (Å²) in [5.41, 5.74) is 0. The Kier molecular flexibility index (Phi) is 6.08. The van der Waals surface area contributed by atoms with Gasteiger partial charge in [0.05, 0.1) is 5.75 Å². The Balaban J connectivity index is 2.25. The van der Waals surface area contributed by atoms with Crippen LogP contribution in [0.15, 0.2) is 0 Å². The van der Waals surface area contributed by atoms with E-state index in [2.05, 4.69) is 17.6 Å². The number of carbonyl (C=O) groups excluding carboxylic acids is 1. The van der Waals surface area contributed by atoms with Gasteiger partial charge in [0, 0.05) is 24.8 Å². The van der Waals surface area contributed by atoms with Crippen LogP contribution in [0.1, 0.15) is 33.1 Å². The maximum absolute atomic E-state index is 11.7. The van der Waals surface area contributed by atoms with Crippen LogP contribution >= 0.6 is 0 Å². The lowest BCUT2D eigenvalue weighted by Gasteiger charge is -2.29. The van der Waals surface area contributed by atoms with Crippen LogP contribution < -0.4 is 10.6 Å². The van der Waals surface area contributed by atoms with E-state index in [0.717, 1.165) is 19.4 Å². The van der Waals surface area contributed by atoms with Crippen molar-refractivity contribution < 1.29 is 13.2 Å². The monoisotopic (exact) mass is 276 g/mol. The second kappa shape index (κ2) is 7.09. The molecular weight excluding hydrogens is 252 g/mol. The Hall–Kier alpha value is -0.620. The number of rotatable bonds is 6. The van der Waals surface area contributed by atoms with E-state index in [0.29, 0.717) is 12.3 Å². The minimum Gasteiger partial charge on any atom is -0.355 e. The van der Waals surface area contributed by atoms with Crippen molar-refractivity contribution in [2.75, 3.05) is 24.6 Å². The van der Waals surface area contributed by atoms with Gasteiger partial charge in [0.15, 0.2) is 9.84 Å². The third-order valence-corrected chi connectivity index (χ3v) is 5.22. The van der Waals surface area contributed by atoms with Crippen LogP contribution in [0.25, 0.3) is 0 Å². The standard InChI is InChI=1S/C12H24N2O3S/c1-3-18(16,17)8-7-14-12(15)9-11-10(2)5-4-6-13-11/h10-11,13H,3-9H2,1-2H3,(H,14,15). The number of sulfone groups is 1. The molecule has 1 saturated heterocycles. The van der Waals surface area contributed by atoms with Crippen molar-refractivity contribution in [2.45, 2.75) is 39.2 Å². The Bertz CT molecular complexity index is 368. The van der Waals surface area contributed by atoms with E-state index in [-0.39, 0.29) is 30.0 Å². The van der Waals surface area contributed by atoms with Gasteiger partial charge >= 0.3 is 0 Å². The maximum atomic E-state index is 11.7. The Morgan fingerprint density at radius 2 is 2.17 bits per heavy atom. The van der Waals surface area contributed by atoms with Gasteiger partial charge in [-0.1, -0.05) is 13.8 Å². The predicted molar refractivity (Wildman–Crippen MR) is 72.1 cm³/mol. The molecule has 1 heterocycles. The van der Waals surface area contributed by atoms with Gasteiger partial charge in [0.25, 0.3) is 0 Å². The molecule has 1 aliphatic rings. The Labute approximate surface area is 110 Å². The van der Waals surface area contributed by atoms with Crippen LogP contribution in [0.2, 0.25) is 0 Å².